The van der Waals surface area contributed by atoms with Gasteiger partial charge in [-0.2, -0.15) is 4.31 Å². The smallest absolute Gasteiger partial charge is 0.252 e. The van der Waals surface area contributed by atoms with Crippen molar-refractivity contribution in [3.8, 4) is 0 Å². The third-order valence-electron chi connectivity index (χ3n) is 3.77. The summed E-state index contributed by atoms with van der Waals surface area (Å²) in [5, 5.41) is 6.55. The first-order valence-electron chi connectivity index (χ1n) is 7.73. The quantitative estimate of drug-likeness (QED) is 0.836. The summed E-state index contributed by atoms with van der Waals surface area (Å²) in [7, 11) is -3.41. The fourth-order valence-corrected chi connectivity index (χ4v) is 5.58. The Hall–Kier alpha value is -1.71. The van der Waals surface area contributed by atoms with Crippen LogP contribution in [0.4, 0.5) is 0 Å². The molecule has 0 unspecified atom stereocenters. The molecule has 9 heteroatoms. The lowest BCUT2D eigenvalue weighted by Crippen LogP contribution is -2.27. The summed E-state index contributed by atoms with van der Waals surface area (Å²) < 4.78 is 31.7. The molecule has 1 amide bonds. The molecule has 0 atom stereocenters. The minimum Gasteiger partial charge on any atom is -0.361 e. The molecule has 0 aromatic carbocycles. The molecule has 0 bridgehead atoms. The molecule has 1 aliphatic heterocycles. The average molecular weight is 369 g/mol. The normalized spacial score (nSPS) is 15.7. The van der Waals surface area contributed by atoms with Crippen molar-refractivity contribution in [1.82, 2.24) is 14.8 Å². The van der Waals surface area contributed by atoms with Gasteiger partial charge in [-0.05, 0) is 31.9 Å². The van der Waals surface area contributed by atoms with E-state index in [1.165, 1.54) is 4.31 Å². The van der Waals surface area contributed by atoms with Gasteiger partial charge in [0.2, 0.25) is 5.91 Å². The Kier molecular flexibility index (Phi) is 5.02. The molecule has 0 saturated carbocycles. The number of carbonyl (C=O) groups is 1. The number of hydrogen-bond donors (Lipinski definition) is 1. The zero-order valence-electron chi connectivity index (χ0n) is 13.3. The zero-order valence-corrected chi connectivity index (χ0v) is 15.0. The number of aromatic nitrogens is 1. The maximum Gasteiger partial charge on any atom is 0.252 e. The van der Waals surface area contributed by atoms with E-state index in [1.54, 1.807) is 25.1 Å². The number of amides is 1. The van der Waals surface area contributed by atoms with E-state index in [0.29, 0.717) is 35.3 Å². The Morgan fingerprint density at radius 1 is 1.38 bits per heavy atom. The average Bonchev–Trinajstić information content (AvgIpc) is 3.27. The van der Waals surface area contributed by atoms with Crippen molar-refractivity contribution in [3.05, 3.63) is 34.5 Å². The van der Waals surface area contributed by atoms with Crippen molar-refractivity contribution in [2.24, 2.45) is 0 Å². The summed E-state index contributed by atoms with van der Waals surface area (Å²) in [6.45, 7) is 3.23. The highest BCUT2D eigenvalue weighted by atomic mass is 32.2. The number of nitrogens with one attached hydrogen (secondary N) is 1. The third-order valence-corrected chi connectivity index (χ3v) is 7.23. The van der Waals surface area contributed by atoms with E-state index in [0.717, 1.165) is 29.1 Å². The number of hydrogen-bond acceptors (Lipinski definition) is 6. The summed E-state index contributed by atoms with van der Waals surface area (Å²) >= 11 is 1.16. The first kappa shape index (κ1) is 17.1. The van der Waals surface area contributed by atoms with Gasteiger partial charge in [0.05, 0.1) is 13.0 Å². The summed E-state index contributed by atoms with van der Waals surface area (Å²) in [4.78, 5) is 12.7. The molecule has 7 nitrogen and oxygen atoms in total. The first-order valence-corrected chi connectivity index (χ1v) is 9.98. The number of thiophene rings is 1. The predicted octanol–water partition coefficient (Wildman–Crippen LogP) is 1.69. The first-order chi connectivity index (χ1) is 11.4. The zero-order chi connectivity index (χ0) is 17.2. The van der Waals surface area contributed by atoms with E-state index in [9.17, 15) is 13.2 Å². The second-order valence-corrected chi connectivity index (χ2v) is 9.05. The van der Waals surface area contributed by atoms with Crippen LogP contribution >= 0.6 is 11.3 Å². The van der Waals surface area contributed by atoms with Crippen molar-refractivity contribution in [2.45, 2.75) is 36.9 Å². The van der Waals surface area contributed by atoms with E-state index in [1.807, 2.05) is 0 Å². The maximum atomic E-state index is 12.5. The van der Waals surface area contributed by atoms with Gasteiger partial charge in [-0.1, -0.05) is 5.16 Å². The molecule has 3 heterocycles. The number of carbonyl (C=O) groups excluding carboxylic acids is 1. The fraction of sp³-hybridized carbons (Fsp3) is 0.467. The lowest BCUT2D eigenvalue weighted by Gasteiger charge is -2.13. The topological polar surface area (TPSA) is 92.5 Å². The van der Waals surface area contributed by atoms with E-state index in [4.69, 9.17) is 4.52 Å². The molecule has 1 aliphatic rings. The molecule has 1 saturated heterocycles. The van der Waals surface area contributed by atoms with Crippen LogP contribution in [0.25, 0.3) is 0 Å². The highest BCUT2D eigenvalue weighted by molar-refractivity contribution is 7.91. The van der Waals surface area contributed by atoms with Gasteiger partial charge in [-0.25, -0.2) is 8.42 Å². The van der Waals surface area contributed by atoms with Gasteiger partial charge < -0.3 is 9.84 Å². The second-order valence-electron chi connectivity index (χ2n) is 5.71. The van der Waals surface area contributed by atoms with Crippen LogP contribution in [-0.4, -0.2) is 36.9 Å². The molecule has 1 fully saturated rings. The molecule has 130 valence electrons. The maximum absolute atomic E-state index is 12.5. The van der Waals surface area contributed by atoms with Crippen molar-refractivity contribution < 1.29 is 17.7 Å². The molecule has 3 rings (SSSR count). The lowest BCUT2D eigenvalue weighted by molar-refractivity contribution is -0.120. The Morgan fingerprint density at radius 3 is 2.79 bits per heavy atom. The summed E-state index contributed by atoms with van der Waals surface area (Å²) in [6.07, 6.45) is 1.96. The Morgan fingerprint density at radius 2 is 2.12 bits per heavy atom. The summed E-state index contributed by atoms with van der Waals surface area (Å²) in [5.41, 5.74) is 0.657. The third kappa shape index (κ3) is 3.85. The Balaban J connectivity index is 1.58. The van der Waals surface area contributed by atoms with Crippen molar-refractivity contribution >= 4 is 27.3 Å². The molecular weight excluding hydrogens is 350 g/mol. The van der Waals surface area contributed by atoms with Crippen molar-refractivity contribution in [3.63, 3.8) is 0 Å². The molecule has 1 N–H and O–H groups in total. The Labute approximate surface area is 144 Å². The SMILES string of the molecule is Cc1cc(CNC(=O)Cc2ccc(S(=O)(=O)N3CCCC3)s2)no1. The minimum absolute atomic E-state index is 0.150. The molecule has 24 heavy (non-hydrogen) atoms. The van der Waals surface area contributed by atoms with Gasteiger partial charge in [0.25, 0.3) is 10.0 Å². The van der Waals surface area contributed by atoms with Crippen LogP contribution in [0.5, 0.6) is 0 Å². The minimum atomic E-state index is -3.41. The van der Waals surface area contributed by atoms with Gasteiger partial charge in [0.1, 0.15) is 15.7 Å². The fourth-order valence-electron chi connectivity index (χ4n) is 2.56. The van der Waals surface area contributed by atoms with E-state index in [-0.39, 0.29) is 12.3 Å². The van der Waals surface area contributed by atoms with Crippen LogP contribution in [0.3, 0.4) is 0 Å². The number of sulfonamides is 1. The highest BCUT2D eigenvalue weighted by Gasteiger charge is 2.28. The Bertz CT molecular complexity index is 819. The molecule has 0 spiro atoms. The molecule has 2 aromatic rings. The predicted molar refractivity (Wildman–Crippen MR) is 89.1 cm³/mol. The van der Waals surface area contributed by atoms with Crippen molar-refractivity contribution in [1.29, 1.82) is 0 Å². The van der Waals surface area contributed by atoms with E-state index >= 15 is 0 Å². The highest BCUT2D eigenvalue weighted by Crippen LogP contribution is 2.27. The van der Waals surface area contributed by atoms with Gasteiger partial charge in [-0.3, -0.25) is 4.79 Å². The van der Waals surface area contributed by atoms with Crippen LogP contribution in [0, 0.1) is 6.92 Å². The van der Waals surface area contributed by atoms with Gasteiger partial charge >= 0.3 is 0 Å². The van der Waals surface area contributed by atoms with Crippen LogP contribution in [0.2, 0.25) is 0 Å². The number of rotatable bonds is 6. The van der Waals surface area contributed by atoms with Crippen LogP contribution in [0.1, 0.15) is 29.2 Å². The van der Waals surface area contributed by atoms with E-state index in [2.05, 4.69) is 10.5 Å². The number of nitrogens with zero attached hydrogens (tertiary/aromatic N) is 2. The van der Waals surface area contributed by atoms with Gasteiger partial charge in [0.15, 0.2) is 0 Å². The van der Waals surface area contributed by atoms with Crippen molar-refractivity contribution in [2.75, 3.05) is 13.1 Å². The van der Waals surface area contributed by atoms with Crippen LogP contribution in [-0.2, 0) is 27.8 Å². The number of aryl methyl sites for hydroxylation is 1. The second kappa shape index (κ2) is 7.04. The van der Waals surface area contributed by atoms with Crippen LogP contribution < -0.4 is 5.32 Å². The van der Waals surface area contributed by atoms with Gasteiger partial charge in [-0.15, -0.1) is 11.3 Å². The van der Waals surface area contributed by atoms with E-state index < -0.39 is 10.0 Å². The molecule has 0 aliphatic carbocycles. The van der Waals surface area contributed by atoms with Gasteiger partial charge in [0, 0.05) is 24.0 Å². The summed E-state index contributed by atoms with van der Waals surface area (Å²) in [5.74, 6) is 0.511. The standard InChI is InChI=1S/C15H19N3O4S2/c1-11-8-12(17-22-11)10-16-14(19)9-13-4-5-15(23-13)24(20,21)18-6-2-3-7-18/h4-5,8H,2-3,6-7,9-10H2,1H3,(H,16,19). The molecular formula is C15H19N3O4S2. The lowest BCUT2D eigenvalue weighted by atomic mass is 10.3. The molecule has 0 radical (unpaired) electrons. The van der Waals surface area contributed by atoms with Crippen LogP contribution in [0.15, 0.2) is 26.9 Å². The summed E-state index contributed by atoms with van der Waals surface area (Å²) in [6, 6.07) is 5.04. The monoisotopic (exact) mass is 369 g/mol. The molecule has 2 aromatic heterocycles. The largest absolute Gasteiger partial charge is 0.361 e.